The predicted molar refractivity (Wildman–Crippen MR) is 114 cm³/mol. The smallest absolute Gasteiger partial charge is 0.262 e. The molecule has 0 saturated carbocycles. The Morgan fingerprint density at radius 3 is 2.55 bits per heavy atom. The van der Waals surface area contributed by atoms with Gasteiger partial charge in [-0.1, -0.05) is 19.1 Å². The van der Waals surface area contributed by atoms with Gasteiger partial charge in [0.15, 0.2) is 17.4 Å². The lowest BCUT2D eigenvalue weighted by Gasteiger charge is -2.08. The number of hydrogen-bond acceptors (Lipinski definition) is 5. The molecule has 2 aromatic heterocycles. The molecule has 0 fully saturated rings. The number of fused-ring (bicyclic) bond motifs is 1. The molecule has 0 aliphatic heterocycles. The summed E-state index contributed by atoms with van der Waals surface area (Å²) in [5.74, 6) is 0.366. The van der Waals surface area contributed by atoms with Crippen LogP contribution in [0.3, 0.4) is 0 Å². The number of benzene rings is 2. The van der Waals surface area contributed by atoms with Crippen molar-refractivity contribution in [2.24, 2.45) is 0 Å². The van der Waals surface area contributed by atoms with Gasteiger partial charge in [-0.05, 0) is 36.4 Å². The first-order valence-electron chi connectivity index (χ1n) is 9.21. The summed E-state index contributed by atoms with van der Waals surface area (Å²) in [7, 11) is 0. The Bertz CT molecular complexity index is 1120. The first-order valence-corrected chi connectivity index (χ1v) is 10.1. The van der Waals surface area contributed by atoms with E-state index >= 15 is 0 Å². The molecule has 0 saturated heterocycles. The van der Waals surface area contributed by atoms with Crippen molar-refractivity contribution in [3.05, 3.63) is 71.9 Å². The summed E-state index contributed by atoms with van der Waals surface area (Å²) in [4.78, 5) is 29.3. The van der Waals surface area contributed by atoms with Crippen molar-refractivity contribution in [3.8, 4) is 17.0 Å². The summed E-state index contributed by atoms with van der Waals surface area (Å²) in [5.41, 5.74) is 3.20. The molecule has 1 N–H and O–H groups in total. The molecular weight excluding hydrogens is 386 g/mol. The molecule has 29 heavy (non-hydrogen) atoms. The largest absolute Gasteiger partial charge is 0.484 e. The summed E-state index contributed by atoms with van der Waals surface area (Å²) < 4.78 is 7.48. The van der Waals surface area contributed by atoms with Gasteiger partial charge in [0.25, 0.3) is 5.91 Å². The van der Waals surface area contributed by atoms with Crippen LogP contribution < -0.4 is 10.1 Å². The van der Waals surface area contributed by atoms with Crippen LogP contribution in [0.5, 0.6) is 5.75 Å². The Morgan fingerprint density at radius 2 is 1.86 bits per heavy atom. The Hall–Kier alpha value is -3.45. The van der Waals surface area contributed by atoms with Crippen LogP contribution in [0.25, 0.3) is 16.2 Å². The van der Waals surface area contributed by atoms with Gasteiger partial charge in [-0.2, -0.15) is 0 Å². The van der Waals surface area contributed by atoms with Crippen molar-refractivity contribution >= 4 is 33.7 Å². The van der Waals surface area contributed by atoms with Crippen LogP contribution in [0, 0.1) is 0 Å². The van der Waals surface area contributed by atoms with Crippen LogP contribution in [0.1, 0.15) is 23.7 Å². The number of carbonyl (C=O) groups is 2. The highest BCUT2D eigenvalue weighted by molar-refractivity contribution is 7.15. The number of imidazole rings is 1. The van der Waals surface area contributed by atoms with E-state index in [9.17, 15) is 9.59 Å². The number of ketones is 1. The molecule has 1 amide bonds. The SMILES string of the molecule is CCC(=O)c1ccc(OCC(=O)Nc2ccc(-c3cn4ccsc4n3)cc2)cc1. The van der Waals surface area contributed by atoms with E-state index in [1.165, 1.54) is 0 Å². The second-order valence-electron chi connectivity index (χ2n) is 6.43. The predicted octanol–water partition coefficient (Wildman–Crippen LogP) is 4.67. The van der Waals surface area contributed by atoms with Crippen LogP contribution in [-0.2, 0) is 4.79 Å². The molecule has 0 spiro atoms. The summed E-state index contributed by atoms with van der Waals surface area (Å²) >= 11 is 1.59. The number of thiazole rings is 1. The fraction of sp³-hybridized carbons (Fsp3) is 0.136. The standard InChI is InChI=1S/C22H19N3O3S/c1-2-20(26)16-5-9-18(10-6-16)28-14-21(27)23-17-7-3-15(4-8-17)19-13-25-11-12-29-22(25)24-19/h3-13H,2,14H2,1H3,(H,23,27). The van der Waals surface area contributed by atoms with E-state index in [-0.39, 0.29) is 18.3 Å². The third-order valence-electron chi connectivity index (χ3n) is 4.43. The van der Waals surface area contributed by atoms with Crippen molar-refractivity contribution in [3.63, 3.8) is 0 Å². The summed E-state index contributed by atoms with van der Waals surface area (Å²) in [6, 6.07) is 14.3. The number of carbonyl (C=O) groups excluding carboxylic acids is 2. The van der Waals surface area contributed by atoms with E-state index in [4.69, 9.17) is 4.74 Å². The Kier molecular flexibility index (Phi) is 5.39. The summed E-state index contributed by atoms with van der Waals surface area (Å²) in [6.45, 7) is 1.71. The third-order valence-corrected chi connectivity index (χ3v) is 5.20. The second-order valence-corrected chi connectivity index (χ2v) is 7.31. The van der Waals surface area contributed by atoms with Gasteiger partial charge in [-0.15, -0.1) is 11.3 Å². The zero-order chi connectivity index (χ0) is 20.2. The molecule has 4 rings (SSSR count). The first kappa shape index (κ1) is 18.9. The monoisotopic (exact) mass is 405 g/mol. The zero-order valence-electron chi connectivity index (χ0n) is 15.8. The third kappa shape index (κ3) is 4.35. The maximum absolute atomic E-state index is 12.1. The molecule has 0 unspecified atom stereocenters. The van der Waals surface area contributed by atoms with Crippen molar-refractivity contribution in [2.45, 2.75) is 13.3 Å². The van der Waals surface area contributed by atoms with Crippen molar-refractivity contribution in [1.29, 1.82) is 0 Å². The van der Waals surface area contributed by atoms with Gasteiger partial charge in [0, 0.05) is 41.0 Å². The molecule has 0 radical (unpaired) electrons. The number of nitrogens with one attached hydrogen (secondary N) is 1. The minimum Gasteiger partial charge on any atom is -0.484 e. The van der Waals surface area contributed by atoms with E-state index in [1.54, 1.807) is 35.6 Å². The van der Waals surface area contributed by atoms with Crippen molar-refractivity contribution in [1.82, 2.24) is 9.38 Å². The molecule has 2 heterocycles. The average molecular weight is 405 g/mol. The summed E-state index contributed by atoms with van der Waals surface area (Å²) in [6.07, 6.45) is 4.41. The number of nitrogens with zero attached hydrogens (tertiary/aromatic N) is 2. The number of hydrogen-bond donors (Lipinski definition) is 1. The quantitative estimate of drug-likeness (QED) is 0.454. The van der Waals surface area contributed by atoms with Crippen LogP contribution in [0.15, 0.2) is 66.3 Å². The lowest BCUT2D eigenvalue weighted by molar-refractivity contribution is -0.118. The first-order chi connectivity index (χ1) is 14.1. The Labute approximate surface area is 171 Å². The maximum atomic E-state index is 12.1. The Balaban J connectivity index is 1.32. The molecule has 7 heteroatoms. The highest BCUT2D eigenvalue weighted by Gasteiger charge is 2.08. The average Bonchev–Trinajstić information content (AvgIpc) is 3.35. The topological polar surface area (TPSA) is 72.7 Å². The van der Waals surface area contributed by atoms with Crippen LogP contribution in [0.4, 0.5) is 5.69 Å². The number of amides is 1. The van der Waals surface area contributed by atoms with Crippen molar-refractivity contribution in [2.75, 3.05) is 11.9 Å². The summed E-state index contributed by atoms with van der Waals surface area (Å²) in [5, 5.41) is 4.80. The van der Waals surface area contributed by atoms with Gasteiger partial charge >= 0.3 is 0 Å². The van der Waals surface area contributed by atoms with Gasteiger partial charge in [-0.3, -0.25) is 14.0 Å². The minimum atomic E-state index is -0.256. The Morgan fingerprint density at radius 1 is 1.10 bits per heavy atom. The highest BCUT2D eigenvalue weighted by Crippen LogP contribution is 2.23. The van der Waals surface area contributed by atoms with Crippen LogP contribution in [-0.4, -0.2) is 27.7 Å². The van der Waals surface area contributed by atoms with E-state index in [2.05, 4.69) is 10.3 Å². The fourth-order valence-corrected chi connectivity index (χ4v) is 3.58. The van der Waals surface area contributed by atoms with E-state index in [0.717, 1.165) is 16.2 Å². The fourth-order valence-electron chi connectivity index (χ4n) is 2.88. The number of rotatable bonds is 7. The zero-order valence-corrected chi connectivity index (χ0v) is 16.6. The van der Waals surface area contributed by atoms with E-state index in [1.807, 2.05) is 53.4 Å². The van der Waals surface area contributed by atoms with Crippen molar-refractivity contribution < 1.29 is 14.3 Å². The second kappa shape index (κ2) is 8.28. The molecule has 0 aliphatic rings. The highest BCUT2D eigenvalue weighted by atomic mass is 32.1. The van der Waals surface area contributed by atoms with E-state index in [0.29, 0.717) is 23.4 Å². The molecular formula is C22H19N3O3S. The molecule has 146 valence electrons. The molecule has 0 bridgehead atoms. The maximum Gasteiger partial charge on any atom is 0.262 e. The van der Waals surface area contributed by atoms with Gasteiger partial charge in [0.1, 0.15) is 5.75 Å². The van der Waals surface area contributed by atoms with Gasteiger partial charge in [0.05, 0.1) is 5.69 Å². The lowest BCUT2D eigenvalue weighted by atomic mass is 10.1. The number of Topliss-reactive ketones (excluding diaryl/α,β-unsaturated/α-hetero) is 1. The normalized spacial score (nSPS) is 10.8. The van der Waals surface area contributed by atoms with Crippen LogP contribution in [0.2, 0.25) is 0 Å². The van der Waals surface area contributed by atoms with Gasteiger partial charge in [0.2, 0.25) is 0 Å². The molecule has 0 aliphatic carbocycles. The minimum absolute atomic E-state index is 0.0770. The molecule has 4 aromatic rings. The number of ether oxygens (including phenoxy) is 1. The lowest BCUT2D eigenvalue weighted by Crippen LogP contribution is -2.20. The molecule has 0 atom stereocenters. The number of aromatic nitrogens is 2. The molecule has 2 aromatic carbocycles. The van der Waals surface area contributed by atoms with E-state index < -0.39 is 0 Å². The number of anilines is 1. The van der Waals surface area contributed by atoms with Gasteiger partial charge in [-0.25, -0.2) is 4.98 Å². The van der Waals surface area contributed by atoms with Crippen LogP contribution >= 0.6 is 11.3 Å². The van der Waals surface area contributed by atoms with Gasteiger partial charge < -0.3 is 10.1 Å². The molecule has 6 nitrogen and oxygen atoms in total.